The number of benzene rings is 1. The zero-order valence-corrected chi connectivity index (χ0v) is 12.8. The Morgan fingerprint density at radius 2 is 1.85 bits per heavy atom. The van der Waals surface area contributed by atoms with Crippen LogP contribution in [0, 0.1) is 0 Å². The zero-order chi connectivity index (χ0) is 14.5. The molecule has 1 aromatic rings. The molecule has 0 aliphatic carbocycles. The Morgan fingerprint density at radius 3 is 2.45 bits per heavy atom. The summed E-state index contributed by atoms with van der Waals surface area (Å²) >= 11 is 5.80. The van der Waals surface area contributed by atoms with Crippen LogP contribution in [0.2, 0.25) is 5.02 Å². The van der Waals surface area contributed by atoms with E-state index >= 15 is 0 Å². The second-order valence-corrected chi connectivity index (χ2v) is 5.76. The standard InChI is InChI=1S/C15H21ClN2O2/c1-12(11-18-9-7-17(2)8-10-18)20-15(19)13-3-5-14(16)6-4-13/h3-6,12H,7-11H2,1-2H3/t12-/m1/s1. The van der Waals surface area contributed by atoms with Gasteiger partial charge in [0.15, 0.2) is 0 Å². The average molecular weight is 297 g/mol. The molecule has 1 atom stereocenters. The summed E-state index contributed by atoms with van der Waals surface area (Å²) in [6.07, 6.45) is -0.110. The SMILES string of the molecule is C[C@H](CN1CCN(C)CC1)OC(=O)c1ccc(Cl)cc1. The number of carbonyl (C=O) groups is 1. The Morgan fingerprint density at radius 1 is 1.25 bits per heavy atom. The molecule has 0 radical (unpaired) electrons. The van der Waals surface area contributed by atoms with Crippen molar-refractivity contribution in [2.45, 2.75) is 13.0 Å². The van der Waals surface area contributed by atoms with Crippen LogP contribution >= 0.6 is 11.6 Å². The summed E-state index contributed by atoms with van der Waals surface area (Å²) in [7, 11) is 2.13. The molecule has 1 aromatic carbocycles. The molecule has 0 bridgehead atoms. The molecule has 20 heavy (non-hydrogen) atoms. The van der Waals surface area contributed by atoms with Gasteiger partial charge >= 0.3 is 5.97 Å². The van der Waals surface area contributed by atoms with Crippen molar-refractivity contribution in [3.05, 3.63) is 34.9 Å². The van der Waals surface area contributed by atoms with Crippen LogP contribution in [0.5, 0.6) is 0 Å². The molecule has 0 N–H and O–H groups in total. The fraction of sp³-hybridized carbons (Fsp3) is 0.533. The lowest BCUT2D eigenvalue weighted by Crippen LogP contribution is -2.47. The van der Waals surface area contributed by atoms with Crippen LogP contribution in [-0.4, -0.2) is 61.6 Å². The molecule has 1 saturated heterocycles. The van der Waals surface area contributed by atoms with E-state index in [9.17, 15) is 4.79 Å². The maximum absolute atomic E-state index is 12.0. The number of ether oxygens (including phenoxy) is 1. The Labute approximate surface area is 125 Å². The van der Waals surface area contributed by atoms with Gasteiger partial charge in [-0.05, 0) is 38.2 Å². The minimum Gasteiger partial charge on any atom is -0.458 e. The van der Waals surface area contributed by atoms with Crippen LogP contribution in [0.1, 0.15) is 17.3 Å². The third-order valence-electron chi connectivity index (χ3n) is 3.50. The van der Waals surface area contributed by atoms with Crippen molar-refractivity contribution < 1.29 is 9.53 Å². The monoisotopic (exact) mass is 296 g/mol. The molecule has 1 fully saturated rings. The number of hydrogen-bond donors (Lipinski definition) is 0. The summed E-state index contributed by atoms with van der Waals surface area (Å²) in [6, 6.07) is 6.77. The number of likely N-dealkylation sites (N-methyl/N-ethyl adjacent to an activating group) is 1. The van der Waals surface area contributed by atoms with Crippen molar-refractivity contribution in [3.63, 3.8) is 0 Å². The predicted molar refractivity (Wildman–Crippen MR) is 80.3 cm³/mol. The number of piperazine rings is 1. The van der Waals surface area contributed by atoms with Gasteiger partial charge in [-0.2, -0.15) is 0 Å². The fourth-order valence-corrected chi connectivity index (χ4v) is 2.39. The van der Waals surface area contributed by atoms with Crippen LogP contribution in [-0.2, 0) is 4.74 Å². The van der Waals surface area contributed by atoms with Gasteiger partial charge in [-0.25, -0.2) is 4.79 Å². The van der Waals surface area contributed by atoms with E-state index in [1.807, 2.05) is 6.92 Å². The number of hydrogen-bond acceptors (Lipinski definition) is 4. The number of nitrogens with zero attached hydrogens (tertiary/aromatic N) is 2. The smallest absolute Gasteiger partial charge is 0.338 e. The molecule has 1 aliphatic heterocycles. The molecule has 2 rings (SSSR count). The molecule has 5 heteroatoms. The van der Waals surface area contributed by atoms with Gasteiger partial charge < -0.3 is 9.64 Å². The largest absolute Gasteiger partial charge is 0.458 e. The summed E-state index contributed by atoms with van der Waals surface area (Å²) in [5, 5.41) is 0.618. The van der Waals surface area contributed by atoms with Gasteiger partial charge in [0.25, 0.3) is 0 Å². The van der Waals surface area contributed by atoms with Gasteiger partial charge in [0, 0.05) is 37.7 Å². The van der Waals surface area contributed by atoms with Gasteiger partial charge in [-0.1, -0.05) is 11.6 Å². The average Bonchev–Trinajstić information content (AvgIpc) is 2.42. The van der Waals surface area contributed by atoms with Crippen molar-refractivity contribution in [3.8, 4) is 0 Å². The maximum Gasteiger partial charge on any atom is 0.338 e. The maximum atomic E-state index is 12.0. The van der Waals surface area contributed by atoms with E-state index in [0.29, 0.717) is 10.6 Å². The van der Waals surface area contributed by atoms with Gasteiger partial charge in [-0.3, -0.25) is 4.90 Å². The first-order chi connectivity index (χ1) is 9.54. The second-order valence-electron chi connectivity index (χ2n) is 5.33. The Kier molecular flexibility index (Phi) is 5.40. The molecule has 0 spiro atoms. The molecule has 1 heterocycles. The van der Waals surface area contributed by atoms with E-state index in [1.54, 1.807) is 24.3 Å². The Balaban J connectivity index is 1.80. The first kappa shape index (κ1) is 15.3. The van der Waals surface area contributed by atoms with Crippen LogP contribution in [0.15, 0.2) is 24.3 Å². The minimum atomic E-state index is -0.289. The molecule has 4 nitrogen and oxygen atoms in total. The van der Waals surface area contributed by atoms with E-state index in [2.05, 4.69) is 16.8 Å². The minimum absolute atomic E-state index is 0.110. The molecule has 0 amide bonds. The molecule has 0 aromatic heterocycles. The summed E-state index contributed by atoms with van der Waals surface area (Å²) < 4.78 is 5.47. The van der Waals surface area contributed by atoms with E-state index in [-0.39, 0.29) is 12.1 Å². The van der Waals surface area contributed by atoms with Crippen molar-refractivity contribution in [2.75, 3.05) is 39.8 Å². The Bertz CT molecular complexity index is 442. The second kappa shape index (κ2) is 7.07. The normalized spacial score (nSPS) is 18.8. The van der Waals surface area contributed by atoms with Crippen molar-refractivity contribution in [2.24, 2.45) is 0 Å². The molecule has 0 saturated carbocycles. The third-order valence-corrected chi connectivity index (χ3v) is 3.75. The first-order valence-electron chi connectivity index (χ1n) is 6.92. The topological polar surface area (TPSA) is 32.8 Å². The van der Waals surface area contributed by atoms with Gasteiger partial charge in [0.05, 0.1) is 5.56 Å². The van der Waals surface area contributed by atoms with Crippen molar-refractivity contribution in [1.29, 1.82) is 0 Å². The molecule has 0 unspecified atom stereocenters. The highest BCUT2D eigenvalue weighted by Crippen LogP contribution is 2.11. The zero-order valence-electron chi connectivity index (χ0n) is 12.0. The summed E-state index contributed by atoms with van der Waals surface area (Å²) in [4.78, 5) is 16.6. The highest BCUT2D eigenvalue weighted by Gasteiger charge is 2.18. The van der Waals surface area contributed by atoms with Gasteiger partial charge in [-0.15, -0.1) is 0 Å². The van der Waals surface area contributed by atoms with Crippen molar-refractivity contribution >= 4 is 17.6 Å². The molecule has 110 valence electrons. The number of esters is 1. The number of rotatable bonds is 4. The molecule has 1 aliphatic rings. The predicted octanol–water partition coefficient (Wildman–Crippen LogP) is 2.13. The lowest BCUT2D eigenvalue weighted by molar-refractivity contribution is 0.0207. The van der Waals surface area contributed by atoms with Gasteiger partial charge in [0.1, 0.15) is 6.10 Å². The quantitative estimate of drug-likeness (QED) is 0.797. The fourth-order valence-electron chi connectivity index (χ4n) is 2.27. The van der Waals surface area contributed by atoms with E-state index in [1.165, 1.54) is 0 Å². The van der Waals surface area contributed by atoms with E-state index in [0.717, 1.165) is 32.7 Å². The number of halogens is 1. The first-order valence-corrected chi connectivity index (χ1v) is 7.30. The highest BCUT2D eigenvalue weighted by atomic mass is 35.5. The summed E-state index contributed by atoms with van der Waals surface area (Å²) in [6.45, 7) is 6.91. The lowest BCUT2D eigenvalue weighted by Gasteiger charge is -2.33. The van der Waals surface area contributed by atoms with Gasteiger partial charge in [0.2, 0.25) is 0 Å². The van der Waals surface area contributed by atoms with E-state index < -0.39 is 0 Å². The van der Waals surface area contributed by atoms with Crippen LogP contribution in [0.25, 0.3) is 0 Å². The lowest BCUT2D eigenvalue weighted by atomic mass is 10.2. The Hall–Kier alpha value is -1.10. The number of carbonyl (C=O) groups excluding carboxylic acids is 1. The summed E-state index contributed by atoms with van der Waals surface area (Å²) in [5.74, 6) is -0.289. The third kappa shape index (κ3) is 4.47. The van der Waals surface area contributed by atoms with Crippen LogP contribution in [0.4, 0.5) is 0 Å². The summed E-state index contributed by atoms with van der Waals surface area (Å²) in [5.41, 5.74) is 0.541. The highest BCUT2D eigenvalue weighted by molar-refractivity contribution is 6.30. The van der Waals surface area contributed by atoms with Crippen LogP contribution < -0.4 is 0 Å². The molecular formula is C15H21ClN2O2. The molecular weight excluding hydrogens is 276 g/mol. The van der Waals surface area contributed by atoms with Crippen molar-refractivity contribution in [1.82, 2.24) is 9.80 Å². The van der Waals surface area contributed by atoms with Crippen LogP contribution in [0.3, 0.4) is 0 Å². The van der Waals surface area contributed by atoms with E-state index in [4.69, 9.17) is 16.3 Å².